The van der Waals surface area contributed by atoms with Gasteiger partial charge in [-0.05, 0) is 24.4 Å². The zero-order valence-corrected chi connectivity index (χ0v) is 13.0. The van der Waals surface area contributed by atoms with Gasteiger partial charge >= 0.3 is 0 Å². The summed E-state index contributed by atoms with van der Waals surface area (Å²) in [5, 5.41) is 3.15. The second kappa shape index (κ2) is 6.03. The Bertz CT molecular complexity index is 444. The fraction of sp³-hybridized carbons (Fsp3) is 0.692. The highest BCUT2D eigenvalue weighted by molar-refractivity contribution is 7.74. The maximum absolute atomic E-state index is 5.39. The SMILES string of the molecule is CNCCN(C)c1c(C(C)C(C)C)c(=S)c1=S. The highest BCUT2D eigenvalue weighted by Gasteiger charge is 2.24. The molecule has 4 heteroatoms. The summed E-state index contributed by atoms with van der Waals surface area (Å²) < 4.78 is 1.79. The van der Waals surface area contributed by atoms with E-state index >= 15 is 0 Å². The molecule has 0 saturated carbocycles. The maximum Gasteiger partial charge on any atom is 0.0798 e. The molecule has 0 amide bonds. The van der Waals surface area contributed by atoms with Gasteiger partial charge in [-0.1, -0.05) is 45.2 Å². The third-order valence-corrected chi connectivity index (χ3v) is 4.41. The lowest BCUT2D eigenvalue weighted by Gasteiger charge is -2.29. The lowest BCUT2D eigenvalue weighted by Crippen LogP contribution is -2.30. The van der Waals surface area contributed by atoms with Crippen LogP contribution in [0.15, 0.2) is 0 Å². The van der Waals surface area contributed by atoms with Crippen LogP contribution in [0.3, 0.4) is 0 Å². The first-order chi connectivity index (χ1) is 7.91. The van der Waals surface area contributed by atoms with Crippen molar-refractivity contribution in [3.8, 4) is 0 Å². The molecule has 0 bridgehead atoms. The molecule has 96 valence electrons. The van der Waals surface area contributed by atoms with Crippen molar-refractivity contribution in [2.45, 2.75) is 26.7 Å². The van der Waals surface area contributed by atoms with Gasteiger partial charge in [-0.25, -0.2) is 0 Å². The zero-order chi connectivity index (χ0) is 13.2. The molecule has 1 N–H and O–H groups in total. The first kappa shape index (κ1) is 14.7. The predicted octanol–water partition coefficient (Wildman–Crippen LogP) is 3.44. The summed E-state index contributed by atoms with van der Waals surface area (Å²) in [5.41, 5.74) is 2.49. The molecule has 0 saturated heterocycles. The molecular formula is C13H22N2S2. The largest absolute Gasteiger partial charge is 0.372 e. The Hall–Kier alpha value is -0.320. The van der Waals surface area contributed by atoms with Crippen LogP contribution < -0.4 is 10.2 Å². The summed E-state index contributed by atoms with van der Waals surface area (Å²) in [7, 11) is 4.05. The minimum atomic E-state index is 0.487. The van der Waals surface area contributed by atoms with E-state index in [-0.39, 0.29) is 0 Å². The van der Waals surface area contributed by atoms with Gasteiger partial charge in [-0.15, -0.1) is 0 Å². The number of nitrogens with zero attached hydrogens (tertiary/aromatic N) is 1. The monoisotopic (exact) mass is 270 g/mol. The molecule has 0 aliphatic carbocycles. The zero-order valence-electron chi connectivity index (χ0n) is 11.3. The van der Waals surface area contributed by atoms with Crippen LogP contribution in [0.1, 0.15) is 32.3 Å². The molecular weight excluding hydrogens is 248 g/mol. The van der Waals surface area contributed by atoms with E-state index in [9.17, 15) is 0 Å². The molecule has 1 atom stereocenters. The van der Waals surface area contributed by atoms with Gasteiger partial charge in [-0.3, -0.25) is 0 Å². The molecule has 1 aromatic carbocycles. The van der Waals surface area contributed by atoms with Gasteiger partial charge in [0.05, 0.1) is 14.7 Å². The van der Waals surface area contributed by atoms with Crippen molar-refractivity contribution < 1.29 is 0 Å². The van der Waals surface area contributed by atoms with Crippen molar-refractivity contribution in [2.24, 2.45) is 5.92 Å². The van der Waals surface area contributed by atoms with Gasteiger partial charge < -0.3 is 10.2 Å². The van der Waals surface area contributed by atoms with Crippen molar-refractivity contribution in [3.63, 3.8) is 0 Å². The molecule has 0 aliphatic rings. The molecule has 17 heavy (non-hydrogen) atoms. The molecule has 1 rings (SSSR count). The smallest absolute Gasteiger partial charge is 0.0798 e. The number of hydrogen-bond acceptors (Lipinski definition) is 4. The molecule has 0 aromatic heterocycles. The van der Waals surface area contributed by atoms with E-state index in [0.29, 0.717) is 11.8 Å². The Morgan fingerprint density at radius 2 is 1.76 bits per heavy atom. The number of anilines is 1. The minimum Gasteiger partial charge on any atom is -0.372 e. The van der Waals surface area contributed by atoms with Crippen LogP contribution in [-0.2, 0) is 0 Å². The fourth-order valence-electron chi connectivity index (χ4n) is 1.92. The van der Waals surface area contributed by atoms with E-state index < -0.39 is 0 Å². The van der Waals surface area contributed by atoms with E-state index in [1.54, 1.807) is 0 Å². The molecule has 0 spiro atoms. The van der Waals surface area contributed by atoms with E-state index in [4.69, 9.17) is 24.4 Å². The number of rotatable bonds is 6. The maximum atomic E-state index is 5.39. The quantitative estimate of drug-likeness (QED) is 0.796. The number of nitrogens with one attached hydrogen (secondary N) is 1. The normalized spacial score (nSPS) is 13.3. The average Bonchev–Trinajstić information content (AvgIpc) is 2.30. The summed E-state index contributed by atoms with van der Waals surface area (Å²) in [6.07, 6.45) is 0. The summed E-state index contributed by atoms with van der Waals surface area (Å²) >= 11 is 10.8. The lowest BCUT2D eigenvalue weighted by atomic mass is 9.86. The van der Waals surface area contributed by atoms with Crippen molar-refractivity contribution in [1.82, 2.24) is 5.32 Å². The van der Waals surface area contributed by atoms with Gasteiger partial charge in [0.1, 0.15) is 0 Å². The van der Waals surface area contributed by atoms with Crippen LogP contribution in [0.5, 0.6) is 0 Å². The molecule has 0 radical (unpaired) electrons. The van der Waals surface area contributed by atoms with Gasteiger partial charge in [0.2, 0.25) is 0 Å². The Kier molecular flexibility index (Phi) is 5.22. The highest BCUT2D eigenvalue weighted by atomic mass is 32.1. The predicted molar refractivity (Wildman–Crippen MR) is 80.9 cm³/mol. The van der Waals surface area contributed by atoms with E-state index in [1.807, 2.05) is 7.05 Å². The Balaban J connectivity index is 2.97. The van der Waals surface area contributed by atoms with E-state index in [2.05, 4.69) is 38.0 Å². The van der Waals surface area contributed by atoms with Crippen molar-refractivity contribution in [1.29, 1.82) is 0 Å². The van der Waals surface area contributed by atoms with Crippen LogP contribution in [0.4, 0.5) is 5.69 Å². The summed E-state index contributed by atoms with van der Waals surface area (Å²) in [5.74, 6) is 1.08. The lowest BCUT2D eigenvalue weighted by molar-refractivity contribution is 0.530. The molecule has 1 aromatic rings. The van der Waals surface area contributed by atoms with Crippen LogP contribution in [0.25, 0.3) is 0 Å². The standard InChI is InChI=1S/C13H22N2S2/c1-8(2)9(3)10-11(13(17)12(10)16)15(5)7-6-14-4/h8-9,14H,6-7H2,1-5H3. The van der Waals surface area contributed by atoms with Crippen LogP contribution in [0.2, 0.25) is 0 Å². The second-order valence-corrected chi connectivity index (χ2v) is 5.79. The van der Waals surface area contributed by atoms with Gasteiger partial charge in [-0.2, -0.15) is 0 Å². The van der Waals surface area contributed by atoms with E-state index in [1.165, 1.54) is 11.3 Å². The summed E-state index contributed by atoms with van der Waals surface area (Å²) in [6, 6.07) is 0. The third kappa shape index (κ3) is 2.92. The molecule has 2 nitrogen and oxygen atoms in total. The summed E-state index contributed by atoms with van der Waals surface area (Å²) in [6.45, 7) is 8.61. The molecule has 0 fully saturated rings. The first-order valence-electron chi connectivity index (χ1n) is 6.10. The Morgan fingerprint density at radius 3 is 2.24 bits per heavy atom. The Labute approximate surface area is 115 Å². The minimum absolute atomic E-state index is 0.487. The van der Waals surface area contributed by atoms with Crippen molar-refractivity contribution >= 4 is 30.1 Å². The van der Waals surface area contributed by atoms with Gasteiger partial charge in [0.15, 0.2) is 0 Å². The molecule has 1 unspecified atom stereocenters. The summed E-state index contributed by atoms with van der Waals surface area (Å²) in [4.78, 5) is 2.23. The van der Waals surface area contributed by atoms with Gasteiger partial charge in [0.25, 0.3) is 0 Å². The fourth-order valence-corrected chi connectivity index (χ4v) is 2.68. The van der Waals surface area contributed by atoms with Gasteiger partial charge in [0, 0.05) is 20.1 Å². The first-order valence-corrected chi connectivity index (χ1v) is 6.92. The van der Waals surface area contributed by atoms with Crippen molar-refractivity contribution in [2.75, 3.05) is 32.1 Å². The van der Waals surface area contributed by atoms with E-state index in [0.717, 1.165) is 22.1 Å². The second-order valence-electron chi connectivity index (χ2n) is 4.98. The highest BCUT2D eigenvalue weighted by Crippen LogP contribution is 2.38. The Morgan fingerprint density at radius 1 is 1.18 bits per heavy atom. The number of likely N-dealkylation sites (N-methyl/N-ethyl adjacent to an activating group) is 2. The molecule has 0 aliphatic heterocycles. The van der Waals surface area contributed by atoms with Crippen LogP contribution in [0, 0.1) is 14.9 Å². The van der Waals surface area contributed by atoms with Crippen LogP contribution in [-0.4, -0.2) is 27.2 Å². The topological polar surface area (TPSA) is 15.3 Å². The van der Waals surface area contributed by atoms with Crippen molar-refractivity contribution in [3.05, 3.63) is 14.6 Å². The number of hydrogen-bond donors (Lipinski definition) is 1. The van der Waals surface area contributed by atoms with Crippen LogP contribution >= 0.6 is 24.4 Å². The molecule has 0 heterocycles. The average molecular weight is 270 g/mol. The third-order valence-electron chi connectivity index (χ3n) is 3.46.